The van der Waals surface area contributed by atoms with Crippen LogP contribution in [-0.4, -0.2) is 42.4 Å². The van der Waals surface area contributed by atoms with Crippen LogP contribution in [0.2, 0.25) is 0 Å². The highest BCUT2D eigenvalue weighted by atomic mass is 32.2. The lowest BCUT2D eigenvalue weighted by atomic mass is 10.00. The third kappa shape index (κ3) is 5.82. The average molecular weight is 549 g/mol. The van der Waals surface area contributed by atoms with Crippen LogP contribution in [0.25, 0.3) is 33.5 Å². The van der Waals surface area contributed by atoms with Gasteiger partial charge in [-0.05, 0) is 49.2 Å². The maximum Gasteiger partial charge on any atom is 0.240 e. The molecule has 0 bridgehead atoms. The van der Waals surface area contributed by atoms with Gasteiger partial charge in [0.15, 0.2) is 0 Å². The molecule has 1 saturated heterocycles. The number of sulfonamides is 1. The van der Waals surface area contributed by atoms with Crippen LogP contribution in [0.5, 0.6) is 0 Å². The van der Waals surface area contributed by atoms with Gasteiger partial charge in [-0.25, -0.2) is 23.1 Å². The lowest BCUT2D eigenvalue weighted by molar-refractivity contribution is 0.142. The molecule has 202 valence electrons. The highest BCUT2D eigenvalue weighted by Crippen LogP contribution is 2.31. The molecule has 7 heteroatoms. The average Bonchev–Trinajstić information content (AvgIpc) is 3.01. The number of aromatic nitrogens is 2. The molecule has 1 N–H and O–H groups in total. The second-order valence-corrected chi connectivity index (χ2v) is 12.0. The SMILES string of the molecule is O=S(=O)(NCC1CCCCN1Cc1ccc(-c2nc3ccccc3nc2-c2ccccc2)cc1)c1ccccc1. The fourth-order valence-corrected chi connectivity index (χ4v) is 6.48. The van der Waals surface area contributed by atoms with Crippen molar-refractivity contribution < 1.29 is 8.42 Å². The van der Waals surface area contributed by atoms with Crippen LogP contribution in [-0.2, 0) is 16.6 Å². The first-order valence-corrected chi connectivity index (χ1v) is 15.3. The van der Waals surface area contributed by atoms with Crippen LogP contribution in [0.3, 0.4) is 0 Å². The minimum absolute atomic E-state index is 0.156. The molecular weight excluding hydrogens is 516 g/mol. The fraction of sp³-hybridized carbons (Fsp3) is 0.212. The summed E-state index contributed by atoms with van der Waals surface area (Å²) in [5.41, 5.74) is 6.73. The minimum atomic E-state index is -3.52. The van der Waals surface area contributed by atoms with Gasteiger partial charge in [0.25, 0.3) is 0 Å². The predicted molar refractivity (Wildman–Crippen MR) is 160 cm³/mol. The van der Waals surface area contributed by atoms with E-state index in [1.165, 1.54) is 5.56 Å². The summed E-state index contributed by atoms with van der Waals surface area (Å²) in [5.74, 6) is 0. The Balaban J connectivity index is 1.21. The molecule has 0 radical (unpaired) electrons. The number of likely N-dealkylation sites (tertiary alicyclic amines) is 1. The summed E-state index contributed by atoms with van der Waals surface area (Å²) in [6.07, 6.45) is 3.20. The quantitative estimate of drug-likeness (QED) is 0.246. The molecular formula is C33H32N4O2S. The van der Waals surface area contributed by atoms with Gasteiger partial charge in [0, 0.05) is 30.3 Å². The number of hydrogen-bond donors (Lipinski definition) is 1. The number of nitrogens with zero attached hydrogens (tertiary/aromatic N) is 3. The molecule has 1 aromatic heterocycles. The largest absolute Gasteiger partial charge is 0.295 e. The van der Waals surface area contributed by atoms with Crippen molar-refractivity contribution in [3.05, 3.63) is 115 Å². The van der Waals surface area contributed by atoms with Crippen LogP contribution >= 0.6 is 0 Å². The molecule has 1 aliphatic rings. The number of nitrogens with one attached hydrogen (secondary N) is 1. The Labute approximate surface area is 235 Å². The first kappa shape index (κ1) is 26.3. The molecule has 2 heterocycles. The van der Waals surface area contributed by atoms with E-state index in [9.17, 15) is 8.42 Å². The minimum Gasteiger partial charge on any atom is -0.295 e. The molecule has 4 aromatic carbocycles. The molecule has 0 amide bonds. The van der Waals surface area contributed by atoms with Crippen molar-refractivity contribution >= 4 is 21.1 Å². The molecule has 1 unspecified atom stereocenters. The van der Waals surface area contributed by atoms with Gasteiger partial charge in [-0.1, -0.05) is 91.3 Å². The summed E-state index contributed by atoms with van der Waals surface area (Å²) >= 11 is 0. The first-order chi connectivity index (χ1) is 19.6. The third-order valence-electron chi connectivity index (χ3n) is 7.54. The van der Waals surface area contributed by atoms with Crippen LogP contribution in [0.1, 0.15) is 24.8 Å². The molecule has 6 nitrogen and oxygen atoms in total. The van der Waals surface area contributed by atoms with Gasteiger partial charge in [0.05, 0.1) is 27.3 Å². The Morgan fingerprint density at radius 2 is 1.27 bits per heavy atom. The van der Waals surface area contributed by atoms with E-state index in [2.05, 4.69) is 46.0 Å². The van der Waals surface area contributed by atoms with Gasteiger partial charge >= 0.3 is 0 Å². The Kier molecular flexibility index (Phi) is 7.68. The number of para-hydroxylation sites is 2. The number of rotatable bonds is 8. The summed E-state index contributed by atoms with van der Waals surface area (Å²) in [4.78, 5) is 12.7. The zero-order chi connectivity index (χ0) is 27.4. The van der Waals surface area contributed by atoms with Gasteiger partial charge in [-0.3, -0.25) is 4.90 Å². The molecule has 1 atom stereocenters. The lowest BCUT2D eigenvalue weighted by Gasteiger charge is -2.35. The van der Waals surface area contributed by atoms with E-state index < -0.39 is 10.0 Å². The van der Waals surface area contributed by atoms with Gasteiger partial charge in [-0.15, -0.1) is 0 Å². The van der Waals surface area contributed by atoms with Crippen LogP contribution in [0.15, 0.2) is 114 Å². The number of piperidine rings is 1. The number of benzene rings is 4. The van der Waals surface area contributed by atoms with Crippen molar-refractivity contribution in [1.82, 2.24) is 19.6 Å². The van der Waals surface area contributed by atoms with Gasteiger partial charge in [-0.2, -0.15) is 0 Å². The number of hydrogen-bond acceptors (Lipinski definition) is 5. The smallest absolute Gasteiger partial charge is 0.240 e. The molecule has 40 heavy (non-hydrogen) atoms. The third-order valence-corrected chi connectivity index (χ3v) is 8.98. The van der Waals surface area contributed by atoms with E-state index in [0.717, 1.165) is 65.9 Å². The molecule has 1 aliphatic heterocycles. The van der Waals surface area contributed by atoms with E-state index in [1.54, 1.807) is 24.3 Å². The Hall–Kier alpha value is -3.91. The van der Waals surface area contributed by atoms with Crippen LogP contribution in [0.4, 0.5) is 0 Å². The van der Waals surface area contributed by atoms with Gasteiger partial charge < -0.3 is 0 Å². The van der Waals surface area contributed by atoms with E-state index in [1.807, 2.05) is 48.5 Å². The standard InChI is InChI=1S/C33H32N4O2S/c38-40(39,29-14-5-2-6-15-29)34-23-28-13-9-10-22-37(28)24-25-18-20-27(21-19-25)33-32(26-11-3-1-4-12-26)35-30-16-7-8-17-31(30)36-33/h1-8,11-12,14-21,28,34H,9-10,13,22-24H2. The molecule has 0 spiro atoms. The van der Waals surface area contributed by atoms with Crippen LogP contribution < -0.4 is 4.72 Å². The number of fused-ring (bicyclic) bond motifs is 1. The molecule has 1 fully saturated rings. The predicted octanol–water partition coefficient (Wildman–Crippen LogP) is 6.30. The maximum atomic E-state index is 12.8. The first-order valence-electron chi connectivity index (χ1n) is 13.8. The van der Waals surface area contributed by atoms with Gasteiger partial charge in [0.1, 0.15) is 0 Å². The van der Waals surface area contributed by atoms with E-state index in [4.69, 9.17) is 9.97 Å². The molecule has 0 saturated carbocycles. The topological polar surface area (TPSA) is 75.2 Å². The Morgan fingerprint density at radius 3 is 1.93 bits per heavy atom. The van der Waals surface area contributed by atoms with Crippen molar-refractivity contribution in [2.75, 3.05) is 13.1 Å². The summed E-state index contributed by atoms with van der Waals surface area (Å²) in [6, 6.07) is 35.4. The maximum absolute atomic E-state index is 12.8. The van der Waals surface area contributed by atoms with Crippen LogP contribution in [0, 0.1) is 0 Å². The summed E-state index contributed by atoms with van der Waals surface area (Å²) in [5, 5.41) is 0. The van der Waals surface area contributed by atoms with E-state index in [-0.39, 0.29) is 6.04 Å². The van der Waals surface area contributed by atoms with Crippen molar-refractivity contribution in [3.63, 3.8) is 0 Å². The van der Waals surface area contributed by atoms with Crippen molar-refractivity contribution in [2.45, 2.75) is 36.7 Å². The normalized spacial score (nSPS) is 16.2. The van der Waals surface area contributed by atoms with Crippen molar-refractivity contribution in [1.29, 1.82) is 0 Å². The zero-order valence-electron chi connectivity index (χ0n) is 22.3. The molecule has 5 aromatic rings. The molecule has 6 rings (SSSR count). The van der Waals surface area contributed by atoms with Gasteiger partial charge in [0.2, 0.25) is 10.0 Å². The zero-order valence-corrected chi connectivity index (χ0v) is 23.1. The lowest BCUT2D eigenvalue weighted by Crippen LogP contribution is -2.46. The fourth-order valence-electron chi connectivity index (χ4n) is 5.39. The highest BCUT2D eigenvalue weighted by Gasteiger charge is 2.25. The summed E-state index contributed by atoms with van der Waals surface area (Å²) in [7, 11) is -3.52. The van der Waals surface area contributed by atoms with Crippen molar-refractivity contribution in [3.8, 4) is 22.5 Å². The summed E-state index contributed by atoms with van der Waals surface area (Å²) in [6.45, 7) is 2.13. The monoisotopic (exact) mass is 548 g/mol. The highest BCUT2D eigenvalue weighted by molar-refractivity contribution is 7.89. The van der Waals surface area contributed by atoms with E-state index in [0.29, 0.717) is 11.4 Å². The second-order valence-electron chi connectivity index (χ2n) is 10.3. The van der Waals surface area contributed by atoms with E-state index >= 15 is 0 Å². The molecule has 0 aliphatic carbocycles. The Morgan fingerprint density at radius 1 is 0.700 bits per heavy atom. The Bertz CT molecular complexity index is 1690. The van der Waals surface area contributed by atoms with Crippen molar-refractivity contribution in [2.24, 2.45) is 0 Å². The second kappa shape index (κ2) is 11.7. The summed E-state index contributed by atoms with van der Waals surface area (Å²) < 4.78 is 28.4.